The first kappa shape index (κ1) is 25.7. The van der Waals surface area contributed by atoms with Gasteiger partial charge in [-0.2, -0.15) is 0 Å². The number of anilines is 1. The maximum atomic E-state index is 13.4. The second-order valence-corrected chi connectivity index (χ2v) is 8.92. The van der Waals surface area contributed by atoms with Gasteiger partial charge in [0.15, 0.2) is 5.82 Å². The second kappa shape index (κ2) is 11.1. The van der Waals surface area contributed by atoms with Crippen LogP contribution in [0.3, 0.4) is 0 Å². The van der Waals surface area contributed by atoms with Crippen molar-refractivity contribution in [1.82, 2.24) is 14.5 Å². The number of rotatable bonds is 6. The summed E-state index contributed by atoms with van der Waals surface area (Å²) in [6.07, 6.45) is 0. The number of pyridine rings is 1. The van der Waals surface area contributed by atoms with E-state index in [2.05, 4.69) is 35.9 Å². The van der Waals surface area contributed by atoms with Gasteiger partial charge in [-0.05, 0) is 48.7 Å². The number of aromatic nitrogens is 2. The van der Waals surface area contributed by atoms with Crippen LogP contribution < -0.4 is 5.32 Å². The van der Waals surface area contributed by atoms with Crippen LogP contribution in [0.4, 0.5) is 10.2 Å². The van der Waals surface area contributed by atoms with E-state index in [9.17, 15) is 9.18 Å². The molecule has 2 aromatic heterocycles. The topological polar surface area (TPSA) is 59.4 Å². The second-order valence-electron chi connectivity index (χ2n) is 8.92. The Morgan fingerprint density at radius 1 is 1.03 bits per heavy atom. The van der Waals surface area contributed by atoms with E-state index < -0.39 is 0 Å². The van der Waals surface area contributed by atoms with Crippen LogP contribution in [0.25, 0.3) is 10.9 Å². The van der Waals surface area contributed by atoms with Crippen molar-refractivity contribution in [1.29, 1.82) is 0 Å². The van der Waals surface area contributed by atoms with Gasteiger partial charge in [0.05, 0.1) is 18.7 Å². The minimum Gasteiger partial charge on any atom is -0.378 e. The molecule has 0 radical (unpaired) electrons. The summed E-state index contributed by atoms with van der Waals surface area (Å²) in [7, 11) is 0. The lowest BCUT2D eigenvalue weighted by Crippen LogP contribution is -2.41. The normalized spacial score (nSPS) is 13.5. The van der Waals surface area contributed by atoms with E-state index in [1.54, 1.807) is 17.0 Å². The molecule has 36 heavy (non-hydrogen) atoms. The molecule has 6 nitrogen and oxygen atoms in total. The predicted octanol–water partition coefficient (Wildman–Crippen LogP) is 5.35. The molecule has 0 spiro atoms. The molecule has 0 saturated carbocycles. The van der Waals surface area contributed by atoms with Gasteiger partial charge in [-0.3, -0.25) is 4.79 Å². The van der Waals surface area contributed by atoms with Crippen LogP contribution in [0.15, 0.2) is 60.7 Å². The first-order valence-electron chi connectivity index (χ1n) is 11.9. The van der Waals surface area contributed by atoms with E-state index in [-0.39, 0.29) is 24.1 Å². The molecule has 8 heteroatoms. The third-order valence-electron chi connectivity index (χ3n) is 6.69. The van der Waals surface area contributed by atoms with E-state index in [4.69, 9.17) is 9.72 Å². The third kappa shape index (κ3) is 5.22. The number of amides is 1. The molecule has 1 saturated heterocycles. The summed E-state index contributed by atoms with van der Waals surface area (Å²) < 4.78 is 21.1. The zero-order chi connectivity index (χ0) is 24.4. The zero-order valence-corrected chi connectivity index (χ0v) is 21.3. The number of hydrogen-bond acceptors (Lipinski definition) is 4. The number of carbonyl (C=O) groups is 1. The maximum Gasteiger partial charge on any atom is 0.272 e. The van der Waals surface area contributed by atoms with E-state index in [1.165, 1.54) is 17.7 Å². The van der Waals surface area contributed by atoms with Crippen molar-refractivity contribution < 1.29 is 13.9 Å². The minimum atomic E-state index is -0.268. The molecule has 0 aliphatic carbocycles. The molecular weight excluding hydrogens is 479 g/mol. The van der Waals surface area contributed by atoms with Crippen LogP contribution >= 0.6 is 12.4 Å². The maximum absolute atomic E-state index is 13.4. The molecule has 2 aromatic carbocycles. The minimum absolute atomic E-state index is 0. The highest BCUT2D eigenvalue weighted by Crippen LogP contribution is 2.32. The Morgan fingerprint density at radius 3 is 2.42 bits per heavy atom. The third-order valence-corrected chi connectivity index (χ3v) is 6.69. The molecule has 3 heterocycles. The van der Waals surface area contributed by atoms with Gasteiger partial charge in [-0.15, -0.1) is 12.4 Å². The molecule has 1 aliphatic rings. The SMILES string of the molecule is Cc1c(C)n(Cc2ccccc2)c2c(NCc3ccc(F)cc3)nc(C(=O)N3CCOCC3)cc12.Cl. The largest absolute Gasteiger partial charge is 0.378 e. The molecule has 0 bridgehead atoms. The van der Waals surface area contributed by atoms with Gasteiger partial charge in [-0.1, -0.05) is 42.5 Å². The van der Waals surface area contributed by atoms with Crippen LogP contribution in [0, 0.1) is 19.7 Å². The van der Waals surface area contributed by atoms with Crippen molar-refractivity contribution >= 4 is 35.0 Å². The Labute approximate surface area is 216 Å². The summed E-state index contributed by atoms with van der Waals surface area (Å²) in [5.74, 6) is 0.291. The average Bonchev–Trinajstić information content (AvgIpc) is 3.13. The Morgan fingerprint density at radius 2 is 1.72 bits per heavy atom. The molecule has 188 valence electrons. The quantitative estimate of drug-likeness (QED) is 0.381. The number of nitrogens with one attached hydrogen (secondary N) is 1. The van der Waals surface area contributed by atoms with Crippen molar-refractivity contribution in [2.24, 2.45) is 0 Å². The Hall–Kier alpha value is -3.42. The van der Waals surface area contributed by atoms with Gasteiger partial charge < -0.3 is 19.5 Å². The van der Waals surface area contributed by atoms with Gasteiger partial charge >= 0.3 is 0 Å². The van der Waals surface area contributed by atoms with Crippen molar-refractivity contribution in [2.75, 3.05) is 31.6 Å². The van der Waals surface area contributed by atoms with Gasteiger partial charge in [-0.25, -0.2) is 9.37 Å². The number of morpholine rings is 1. The van der Waals surface area contributed by atoms with Crippen LogP contribution in [0.1, 0.15) is 32.9 Å². The van der Waals surface area contributed by atoms with E-state index in [0.717, 1.165) is 27.7 Å². The molecule has 1 aliphatic heterocycles. The fraction of sp³-hybridized carbons (Fsp3) is 0.286. The van der Waals surface area contributed by atoms with Gasteiger partial charge in [0, 0.05) is 37.3 Å². The number of fused-ring (bicyclic) bond motifs is 1. The predicted molar refractivity (Wildman–Crippen MR) is 142 cm³/mol. The van der Waals surface area contributed by atoms with Crippen molar-refractivity contribution in [3.63, 3.8) is 0 Å². The highest BCUT2D eigenvalue weighted by Gasteiger charge is 2.24. The number of benzene rings is 2. The zero-order valence-electron chi connectivity index (χ0n) is 20.5. The Kier molecular flexibility index (Phi) is 7.91. The summed E-state index contributed by atoms with van der Waals surface area (Å²) in [4.78, 5) is 20.0. The summed E-state index contributed by atoms with van der Waals surface area (Å²) in [5, 5.41) is 4.44. The van der Waals surface area contributed by atoms with Crippen LogP contribution in [-0.2, 0) is 17.8 Å². The fourth-order valence-corrected chi connectivity index (χ4v) is 4.58. The van der Waals surface area contributed by atoms with Gasteiger partial charge in [0.1, 0.15) is 11.5 Å². The fourth-order valence-electron chi connectivity index (χ4n) is 4.58. The lowest BCUT2D eigenvalue weighted by molar-refractivity contribution is 0.0299. The lowest BCUT2D eigenvalue weighted by Gasteiger charge is -2.26. The van der Waals surface area contributed by atoms with E-state index >= 15 is 0 Å². The molecule has 0 unspecified atom stereocenters. The van der Waals surface area contributed by atoms with Crippen LogP contribution in [0.5, 0.6) is 0 Å². The van der Waals surface area contributed by atoms with E-state index in [0.29, 0.717) is 50.9 Å². The Balaban J connectivity index is 0.00000304. The lowest BCUT2D eigenvalue weighted by atomic mass is 10.1. The number of halogens is 2. The molecule has 1 N–H and O–H groups in total. The standard InChI is InChI=1S/C28H29FN4O2.ClH/c1-19-20(2)33(18-22-6-4-3-5-7-22)26-24(19)16-25(28(34)32-12-14-35-15-13-32)31-27(26)30-17-21-8-10-23(29)11-9-21;/h3-11,16H,12-15,17-18H2,1-2H3,(H,30,31);1H. The van der Waals surface area contributed by atoms with Crippen molar-refractivity contribution in [2.45, 2.75) is 26.9 Å². The monoisotopic (exact) mass is 508 g/mol. The molecule has 1 amide bonds. The van der Waals surface area contributed by atoms with Gasteiger partial charge in [0.25, 0.3) is 5.91 Å². The highest BCUT2D eigenvalue weighted by molar-refractivity contribution is 6.01. The molecule has 4 aromatic rings. The molecule has 1 fully saturated rings. The van der Waals surface area contributed by atoms with E-state index in [1.807, 2.05) is 24.3 Å². The van der Waals surface area contributed by atoms with Crippen molar-refractivity contribution in [3.8, 4) is 0 Å². The summed E-state index contributed by atoms with van der Waals surface area (Å²) in [6, 6.07) is 18.6. The number of aryl methyl sites for hydroxylation is 1. The van der Waals surface area contributed by atoms with Crippen molar-refractivity contribution in [3.05, 3.63) is 94.6 Å². The van der Waals surface area contributed by atoms with Crippen LogP contribution in [-0.4, -0.2) is 46.7 Å². The first-order valence-corrected chi connectivity index (χ1v) is 11.9. The van der Waals surface area contributed by atoms with Crippen LogP contribution in [0.2, 0.25) is 0 Å². The smallest absolute Gasteiger partial charge is 0.272 e. The average molecular weight is 509 g/mol. The Bertz CT molecular complexity index is 1350. The molecule has 0 atom stereocenters. The summed E-state index contributed by atoms with van der Waals surface area (Å²) >= 11 is 0. The van der Waals surface area contributed by atoms with Gasteiger partial charge in [0.2, 0.25) is 0 Å². The number of nitrogens with zero attached hydrogens (tertiary/aromatic N) is 3. The molecule has 5 rings (SSSR count). The number of carbonyl (C=O) groups excluding carboxylic acids is 1. The first-order chi connectivity index (χ1) is 17.0. The number of hydrogen-bond donors (Lipinski definition) is 1. The molecular formula is C28H30ClFN4O2. The highest BCUT2D eigenvalue weighted by atomic mass is 35.5. The summed E-state index contributed by atoms with van der Waals surface area (Å²) in [6.45, 7) is 7.54. The number of ether oxygens (including phenoxy) is 1. The summed E-state index contributed by atoms with van der Waals surface area (Å²) in [5.41, 5.74) is 5.75.